The van der Waals surface area contributed by atoms with Crippen LogP contribution in [0.4, 0.5) is 0 Å². The average Bonchev–Trinajstić information content (AvgIpc) is 3.01. The van der Waals surface area contributed by atoms with Crippen molar-refractivity contribution in [1.82, 2.24) is 9.99 Å². The van der Waals surface area contributed by atoms with Gasteiger partial charge in [0.15, 0.2) is 0 Å². The Morgan fingerprint density at radius 1 is 1.04 bits per heavy atom. The van der Waals surface area contributed by atoms with Gasteiger partial charge in [-0.1, -0.05) is 35.9 Å². The molecule has 0 aliphatic heterocycles. The minimum absolute atomic E-state index is 0.272. The highest BCUT2D eigenvalue weighted by Gasteiger charge is 2.09. The van der Waals surface area contributed by atoms with E-state index in [1.54, 1.807) is 30.5 Å². The van der Waals surface area contributed by atoms with Gasteiger partial charge in [0.25, 0.3) is 5.91 Å². The first-order valence-corrected chi connectivity index (χ1v) is 9.15. The van der Waals surface area contributed by atoms with Crippen LogP contribution in [-0.2, 0) is 6.54 Å². The van der Waals surface area contributed by atoms with Gasteiger partial charge < -0.3 is 4.57 Å². The molecule has 5 heteroatoms. The van der Waals surface area contributed by atoms with Crippen molar-refractivity contribution in [3.05, 3.63) is 82.9 Å². The van der Waals surface area contributed by atoms with E-state index in [1.165, 1.54) is 21.8 Å². The van der Waals surface area contributed by atoms with E-state index in [0.29, 0.717) is 10.6 Å². The number of nitrogens with one attached hydrogen (secondary N) is 1. The zero-order valence-corrected chi connectivity index (χ0v) is 15.6. The molecule has 4 aromatic rings. The number of nitrogens with zero attached hydrogens (tertiary/aromatic N) is 2. The standard InChI is InChI=1S/C22H18ClN3O/c1-2-26-20-6-4-3-5-18(20)19-13-15(7-12-21(19)26)14-24-25-22(27)16-8-10-17(23)11-9-16/h3-14H,2H2,1H3,(H,25,27)/b24-14-. The van der Waals surface area contributed by atoms with Gasteiger partial charge in [0.2, 0.25) is 0 Å². The molecule has 0 aliphatic rings. The smallest absolute Gasteiger partial charge is 0.271 e. The number of carbonyl (C=O) groups is 1. The van der Waals surface area contributed by atoms with Gasteiger partial charge in [-0.2, -0.15) is 5.10 Å². The fourth-order valence-electron chi connectivity index (χ4n) is 3.32. The van der Waals surface area contributed by atoms with Crippen LogP contribution in [0.2, 0.25) is 5.02 Å². The molecule has 3 aromatic carbocycles. The Labute approximate surface area is 162 Å². The first-order valence-electron chi connectivity index (χ1n) is 8.77. The Hall–Kier alpha value is -3.11. The lowest BCUT2D eigenvalue weighted by atomic mass is 10.1. The van der Waals surface area contributed by atoms with Gasteiger partial charge in [0.05, 0.1) is 6.21 Å². The number of hydrogen-bond acceptors (Lipinski definition) is 2. The van der Waals surface area contributed by atoms with E-state index < -0.39 is 0 Å². The van der Waals surface area contributed by atoms with Gasteiger partial charge in [-0.05, 0) is 55.0 Å². The van der Waals surface area contributed by atoms with Crippen molar-refractivity contribution in [2.24, 2.45) is 5.10 Å². The van der Waals surface area contributed by atoms with Crippen molar-refractivity contribution in [3.63, 3.8) is 0 Å². The monoisotopic (exact) mass is 375 g/mol. The van der Waals surface area contributed by atoms with Crippen LogP contribution >= 0.6 is 11.6 Å². The lowest BCUT2D eigenvalue weighted by Gasteiger charge is -2.03. The largest absolute Gasteiger partial charge is 0.341 e. The van der Waals surface area contributed by atoms with Crippen LogP contribution in [0.15, 0.2) is 71.8 Å². The normalized spacial score (nSPS) is 11.5. The summed E-state index contributed by atoms with van der Waals surface area (Å²) in [6, 6.07) is 21.3. The molecule has 1 aromatic heterocycles. The Morgan fingerprint density at radius 2 is 1.78 bits per heavy atom. The van der Waals surface area contributed by atoms with Gasteiger partial charge in [0.1, 0.15) is 0 Å². The molecule has 1 heterocycles. The summed E-state index contributed by atoms with van der Waals surface area (Å²) < 4.78 is 2.30. The predicted octanol–water partition coefficient (Wildman–Crippen LogP) is 5.23. The number of hydrogen-bond donors (Lipinski definition) is 1. The summed E-state index contributed by atoms with van der Waals surface area (Å²) in [5.74, 6) is -0.272. The molecule has 0 fully saturated rings. The third-order valence-corrected chi connectivity index (χ3v) is 4.85. The van der Waals surface area contributed by atoms with E-state index in [4.69, 9.17) is 11.6 Å². The van der Waals surface area contributed by atoms with Crippen molar-refractivity contribution < 1.29 is 4.79 Å². The molecule has 0 radical (unpaired) electrons. The molecule has 0 unspecified atom stereocenters. The number of halogens is 1. The molecule has 134 valence electrons. The molecular weight excluding hydrogens is 358 g/mol. The van der Waals surface area contributed by atoms with E-state index in [0.717, 1.165) is 12.1 Å². The number of para-hydroxylation sites is 1. The van der Waals surface area contributed by atoms with E-state index in [1.807, 2.05) is 6.07 Å². The van der Waals surface area contributed by atoms with Crippen LogP contribution in [0.3, 0.4) is 0 Å². The molecule has 0 spiro atoms. The summed E-state index contributed by atoms with van der Waals surface area (Å²) in [5, 5.41) is 7.08. The van der Waals surface area contributed by atoms with Gasteiger partial charge >= 0.3 is 0 Å². The molecule has 1 N–H and O–H groups in total. The summed E-state index contributed by atoms with van der Waals surface area (Å²) in [7, 11) is 0. The molecule has 4 rings (SSSR count). The fourth-order valence-corrected chi connectivity index (χ4v) is 3.45. The van der Waals surface area contributed by atoms with Crippen molar-refractivity contribution in [2.45, 2.75) is 13.5 Å². The number of carbonyl (C=O) groups excluding carboxylic acids is 1. The number of hydrazone groups is 1. The number of fused-ring (bicyclic) bond motifs is 3. The number of rotatable bonds is 4. The van der Waals surface area contributed by atoms with Crippen LogP contribution < -0.4 is 5.43 Å². The number of aromatic nitrogens is 1. The highest BCUT2D eigenvalue weighted by molar-refractivity contribution is 6.30. The average molecular weight is 376 g/mol. The van der Waals surface area contributed by atoms with Crippen LogP contribution in [0.5, 0.6) is 0 Å². The topological polar surface area (TPSA) is 46.4 Å². The van der Waals surface area contributed by atoms with Gasteiger partial charge in [-0.3, -0.25) is 4.79 Å². The Balaban J connectivity index is 1.61. The van der Waals surface area contributed by atoms with E-state index >= 15 is 0 Å². The summed E-state index contributed by atoms with van der Waals surface area (Å²) >= 11 is 5.84. The van der Waals surface area contributed by atoms with E-state index in [-0.39, 0.29) is 5.91 Å². The van der Waals surface area contributed by atoms with Crippen molar-refractivity contribution >= 4 is 45.5 Å². The number of amides is 1. The molecular formula is C22H18ClN3O. The number of benzene rings is 3. The zero-order valence-electron chi connectivity index (χ0n) is 14.8. The second-order valence-corrected chi connectivity index (χ2v) is 6.68. The molecule has 4 nitrogen and oxygen atoms in total. The van der Waals surface area contributed by atoms with Crippen LogP contribution in [0, 0.1) is 0 Å². The Kier molecular flexibility index (Phi) is 4.65. The van der Waals surface area contributed by atoms with Gasteiger partial charge in [0, 0.05) is 38.9 Å². The minimum Gasteiger partial charge on any atom is -0.341 e. The van der Waals surface area contributed by atoms with Crippen LogP contribution in [0.25, 0.3) is 21.8 Å². The molecule has 1 amide bonds. The summed E-state index contributed by atoms with van der Waals surface area (Å²) in [6.45, 7) is 3.06. The SMILES string of the molecule is CCn1c2ccccc2c2cc(/C=N\NC(=O)c3ccc(Cl)cc3)ccc21. The lowest BCUT2D eigenvalue weighted by molar-refractivity contribution is 0.0955. The second-order valence-electron chi connectivity index (χ2n) is 6.24. The molecule has 0 bridgehead atoms. The van der Waals surface area contributed by atoms with E-state index in [9.17, 15) is 4.79 Å². The third kappa shape index (κ3) is 3.32. The first kappa shape index (κ1) is 17.3. The molecule has 27 heavy (non-hydrogen) atoms. The fraction of sp³-hybridized carbons (Fsp3) is 0.0909. The second kappa shape index (κ2) is 7.25. The van der Waals surface area contributed by atoms with Crippen molar-refractivity contribution in [2.75, 3.05) is 0 Å². The zero-order chi connectivity index (χ0) is 18.8. The lowest BCUT2D eigenvalue weighted by Crippen LogP contribution is -2.17. The molecule has 0 aliphatic carbocycles. The van der Waals surface area contributed by atoms with Gasteiger partial charge in [-0.15, -0.1) is 0 Å². The van der Waals surface area contributed by atoms with Crippen LogP contribution in [0.1, 0.15) is 22.8 Å². The third-order valence-electron chi connectivity index (χ3n) is 4.60. The van der Waals surface area contributed by atoms with Crippen LogP contribution in [-0.4, -0.2) is 16.7 Å². The Morgan fingerprint density at radius 3 is 2.56 bits per heavy atom. The van der Waals surface area contributed by atoms with Gasteiger partial charge in [-0.25, -0.2) is 5.43 Å². The predicted molar refractivity (Wildman–Crippen MR) is 112 cm³/mol. The Bertz CT molecular complexity index is 1160. The maximum Gasteiger partial charge on any atom is 0.271 e. The highest BCUT2D eigenvalue weighted by Crippen LogP contribution is 2.29. The summed E-state index contributed by atoms with van der Waals surface area (Å²) in [6.07, 6.45) is 1.66. The molecule has 0 atom stereocenters. The van der Waals surface area contributed by atoms with Crippen molar-refractivity contribution in [1.29, 1.82) is 0 Å². The molecule has 0 saturated heterocycles. The maximum atomic E-state index is 12.1. The van der Waals surface area contributed by atoms with Crippen molar-refractivity contribution in [3.8, 4) is 0 Å². The van der Waals surface area contributed by atoms with E-state index in [2.05, 4.69) is 58.4 Å². The summed E-state index contributed by atoms with van der Waals surface area (Å²) in [4.78, 5) is 12.1. The maximum absolute atomic E-state index is 12.1. The first-order chi connectivity index (χ1) is 13.2. The minimum atomic E-state index is -0.272. The highest BCUT2D eigenvalue weighted by atomic mass is 35.5. The molecule has 0 saturated carbocycles. The number of aryl methyl sites for hydroxylation is 1. The quantitative estimate of drug-likeness (QED) is 0.385. The summed E-state index contributed by atoms with van der Waals surface area (Å²) in [5.41, 5.74) is 6.41.